The summed E-state index contributed by atoms with van der Waals surface area (Å²) in [4.78, 5) is 13.1. The zero-order valence-corrected chi connectivity index (χ0v) is 11.0. The summed E-state index contributed by atoms with van der Waals surface area (Å²) >= 11 is 5.85. The van der Waals surface area contributed by atoms with Crippen LogP contribution < -0.4 is 10.6 Å². The number of nitrogens with zero attached hydrogens (tertiary/aromatic N) is 2. The molecule has 0 spiro atoms. The SMILES string of the molecule is N#Cc1cc(Cl)ccc1N1CCCC(O)(C(N)=O)C1. The van der Waals surface area contributed by atoms with Crippen molar-refractivity contribution < 1.29 is 9.90 Å². The molecular weight excluding hydrogens is 266 g/mol. The standard InChI is InChI=1S/C13H14ClN3O2/c14-10-2-3-11(9(6-10)7-15)17-5-1-4-13(19,8-17)12(16)18/h2-3,6,19H,1,4-5,8H2,(H2,16,18). The Hall–Kier alpha value is -1.77. The molecule has 1 saturated heterocycles. The Balaban J connectivity index is 2.33. The van der Waals surface area contributed by atoms with Gasteiger partial charge in [-0.3, -0.25) is 4.79 Å². The molecule has 0 aliphatic carbocycles. The number of primary amides is 1. The van der Waals surface area contributed by atoms with Crippen molar-refractivity contribution in [3.8, 4) is 6.07 Å². The van der Waals surface area contributed by atoms with E-state index in [1.807, 2.05) is 0 Å². The first-order valence-corrected chi connectivity index (χ1v) is 6.31. The first kappa shape index (κ1) is 13.7. The second kappa shape index (κ2) is 5.08. The minimum absolute atomic E-state index is 0.0959. The van der Waals surface area contributed by atoms with Crippen LogP contribution in [0, 0.1) is 11.3 Å². The lowest BCUT2D eigenvalue weighted by Gasteiger charge is -2.38. The van der Waals surface area contributed by atoms with E-state index in [1.165, 1.54) is 0 Å². The average molecular weight is 280 g/mol. The Labute approximate surface area is 116 Å². The van der Waals surface area contributed by atoms with Gasteiger partial charge in [0.05, 0.1) is 17.8 Å². The number of anilines is 1. The maximum absolute atomic E-state index is 11.3. The third kappa shape index (κ3) is 2.65. The summed E-state index contributed by atoms with van der Waals surface area (Å²) in [6, 6.07) is 7.02. The lowest BCUT2D eigenvalue weighted by molar-refractivity contribution is -0.137. The number of hydrogen-bond donors (Lipinski definition) is 2. The maximum Gasteiger partial charge on any atom is 0.251 e. The predicted octanol–water partition coefficient (Wildman–Crippen LogP) is 1.03. The molecule has 1 atom stereocenters. The van der Waals surface area contributed by atoms with Crippen molar-refractivity contribution in [2.75, 3.05) is 18.0 Å². The van der Waals surface area contributed by atoms with Gasteiger partial charge in [0, 0.05) is 11.6 Å². The molecule has 19 heavy (non-hydrogen) atoms. The van der Waals surface area contributed by atoms with Gasteiger partial charge in [0.1, 0.15) is 6.07 Å². The lowest BCUT2D eigenvalue weighted by Crippen LogP contribution is -2.56. The van der Waals surface area contributed by atoms with Crippen molar-refractivity contribution >= 4 is 23.2 Å². The Kier molecular flexibility index (Phi) is 3.65. The van der Waals surface area contributed by atoms with E-state index in [9.17, 15) is 9.90 Å². The molecule has 6 heteroatoms. The molecule has 1 aliphatic rings. The molecule has 1 aliphatic heterocycles. The first-order valence-electron chi connectivity index (χ1n) is 5.93. The molecular formula is C13H14ClN3O2. The number of amides is 1. The van der Waals surface area contributed by atoms with Gasteiger partial charge in [0.15, 0.2) is 5.60 Å². The molecule has 100 valence electrons. The fourth-order valence-electron chi connectivity index (χ4n) is 2.32. The van der Waals surface area contributed by atoms with Crippen molar-refractivity contribution in [3.63, 3.8) is 0 Å². The Morgan fingerprint density at radius 2 is 2.32 bits per heavy atom. The molecule has 1 fully saturated rings. The van der Waals surface area contributed by atoms with Crippen LogP contribution in [-0.2, 0) is 4.79 Å². The Morgan fingerprint density at radius 3 is 2.95 bits per heavy atom. The predicted molar refractivity (Wildman–Crippen MR) is 71.8 cm³/mol. The molecule has 5 nitrogen and oxygen atoms in total. The number of carbonyl (C=O) groups is 1. The number of β-amino-alcohol motifs (C(OH)–C–C–N with tert-alkyl or cyclic N) is 1. The first-order chi connectivity index (χ1) is 8.96. The summed E-state index contributed by atoms with van der Waals surface area (Å²) in [5.74, 6) is -0.732. The van der Waals surface area contributed by atoms with Crippen LogP contribution in [0.1, 0.15) is 18.4 Å². The fraction of sp³-hybridized carbons (Fsp3) is 0.385. The summed E-state index contributed by atoms with van der Waals surface area (Å²) in [5, 5.41) is 19.8. The van der Waals surface area contributed by atoms with Gasteiger partial charge in [-0.2, -0.15) is 5.26 Å². The van der Waals surface area contributed by atoms with Crippen molar-refractivity contribution in [1.82, 2.24) is 0 Å². The van der Waals surface area contributed by atoms with Gasteiger partial charge in [0.25, 0.3) is 5.91 Å². The van der Waals surface area contributed by atoms with Gasteiger partial charge in [0.2, 0.25) is 0 Å². The monoisotopic (exact) mass is 279 g/mol. The quantitative estimate of drug-likeness (QED) is 0.846. The fourth-order valence-corrected chi connectivity index (χ4v) is 2.49. The molecule has 1 unspecified atom stereocenters. The minimum Gasteiger partial charge on any atom is -0.378 e. The van der Waals surface area contributed by atoms with Gasteiger partial charge >= 0.3 is 0 Å². The van der Waals surface area contributed by atoms with Crippen LogP contribution in [0.4, 0.5) is 5.69 Å². The van der Waals surface area contributed by atoms with Crippen LogP contribution in [0.25, 0.3) is 0 Å². The molecule has 0 aromatic heterocycles. The summed E-state index contributed by atoms with van der Waals surface area (Å²) in [6.45, 7) is 0.755. The van der Waals surface area contributed by atoms with Crippen LogP contribution in [0.15, 0.2) is 18.2 Å². The van der Waals surface area contributed by atoms with E-state index in [0.29, 0.717) is 35.7 Å². The number of carbonyl (C=O) groups excluding carboxylic acids is 1. The molecule has 0 bridgehead atoms. The molecule has 1 aromatic carbocycles. The highest BCUT2D eigenvalue weighted by atomic mass is 35.5. The summed E-state index contributed by atoms with van der Waals surface area (Å²) in [7, 11) is 0. The highest BCUT2D eigenvalue weighted by Gasteiger charge is 2.39. The van der Waals surface area contributed by atoms with Gasteiger partial charge in [-0.15, -0.1) is 0 Å². The lowest BCUT2D eigenvalue weighted by atomic mass is 9.91. The zero-order chi connectivity index (χ0) is 14.0. The van der Waals surface area contributed by atoms with Crippen molar-refractivity contribution in [3.05, 3.63) is 28.8 Å². The summed E-state index contributed by atoms with van der Waals surface area (Å²) in [5.41, 5.74) is 4.77. The summed E-state index contributed by atoms with van der Waals surface area (Å²) < 4.78 is 0. The molecule has 0 radical (unpaired) electrons. The largest absolute Gasteiger partial charge is 0.378 e. The van der Waals surface area contributed by atoms with E-state index in [-0.39, 0.29) is 6.54 Å². The molecule has 1 aromatic rings. The van der Waals surface area contributed by atoms with E-state index in [4.69, 9.17) is 22.6 Å². The highest BCUT2D eigenvalue weighted by Crippen LogP contribution is 2.29. The molecule has 1 heterocycles. The number of halogens is 1. The van der Waals surface area contributed by atoms with E-state index >= 15 is 0 Å². The van der Waals surface area contributed by atoms with Crippen molar-refractivity contribution in [1.29, 1.82) is 5.26 Å². The molecule has 2 rings (SSSR count). The van der Waals surface area contributed by atoms with E-state index in [0.717, 1.165) is 0 Å². The van der Waals surface area contributed by atoms with E-state index in [2.05, 4.69) is 6.07 Å². The van der Waals surface area contributed by atoms with Crippen LogP contribution in [0.3, 0.4) is 0 Å². The number of rotatable bonds is 2. The third-order valence-corrected chi connectivity index (χ3v) is 3.58. The number of nitrogens with two attached hydrogens (primary N) is 1. The number of nitriles is 1. The summed E-state index contributed by atoms with van der Waals surface area (Å²) in [6.07, 6.45) is 0.973. The normalized spacial score (nSPS) is 22.9. The zero-order valence-electron chi connectivity index (χ0n) is 10.3. The second-order valence-corrected chi connectivity index (χ2v) is 5.13. The van der Waals surface area contributed by atoms with Gasteiger partial charge in [-0.1, -0.05) is 11.6 Å². The third-order valence-electron chi connectivity index (χ3n) is 3.35. The number of piperidine rings is 1. The molecule has 3 N–H and O–H groups in total. The second-order valence-electron chi connectivity index (χ2n) is 4.69. The Bertz CT molecular complexity index is 555. The van der Waals surface area contributed by atoms with Gasteiger partial charge in [-0.25, -0.2) is 0 Å². The van der Waals surface area contributed by atoms with Crippen LogP contribution in [0.2, 0.25) is 5.02 Å². The van der Waals surface area contributed by atoms with E-state index in [1.54, 1.807) is 23.1 Å². The minimum atomic E-state index is -1.54. The van der Waals surface area contributed by atoms with Crippen molar-refractivity contribution in [2.45, 2.75) is 18.4 Å². The number of aliphatic hydroxyl groups is 1. The number of hydrogen-bond acceptors (Lipinski definition) is 4. The Morgan fingerprint density at radius 1 is 1.58 bits per heavy atom. The van der Waals surface area contributed by atoms with E-state index < -0.39 is 11.5 Å². The smallest absolute Gasteiger partial charge is 0.251 e. The molecule has 0 saturated carbocycles. The van der Waals surface area contributed by atoms with Crippen molar-refractivity contribution in [2.24, 2.45) is 5.73 Å². The van der Waals surface area contributed by atoms with Crippen LogP contribution in [0.5, 0.6) is 0 Å². The maximum atomic E-state index is 11.3. The highest BCUT2D eigenvalue weighted by molar-refractivity contribution is 6.30. The van der Waals surface area contributed by atoms with Gasteiger partial charge in [-0.05, 0) is 31.0 Å². The van der Waals surface area contributed by atoms with Crippen LogP contribution >= 0.6 is 11.6 Å². The topological polar surface area (TPSA) is 90.3 Å². The number of benzene rings is 1. The van der Waals surface area contributed by atoms with Gasteiger partial charge < -0.3 is 15.7 Å². The average Bonchev–Trinajstić information content (AvgIpc) is 2.38. The van der Waals surface area contributed by atoms with Crippen LogP contribution in [-0.4, -0.2) is 29.7 Å². The molecule has 1 amide bonds.